The van der Waals surface area contributed by atoms with Gasteiger partial charge in [0.2, 0.25) is 0 Å². The van der Waals surface area contributed by atoms with Gasteiger partial charge in [0.15, 0.2) is 0 Å². The summed E-state index contributed by atoms with van der Waals surface area (Å²) in [4.78, 5) is 20.5. The normalized spacial score (nSPS) is 9.75. The molecule has 0 saturated heterocycles. The maximum Gasteiger partial charge on any atom is 0.108 e. The molecule has 0 aliphatic rings. The molecule has 0 bridgehead atoms. The summed E-state index contributed by atoms with van der Waals surface area (Å²) in [7, 11) is 0. The summed E-state index contributed by atoms with van der Waals surface area (Å²) in [6.07, 6.45) is 0. The Labute approximate surface area is 91.9 Å². The monoisotopic (exact) mass is 212 g/mol. The topological polar surface area (TPSA) is 58.9 Å². The molecule has 78 valence electrons. The first-order valence-electron chi connectivity index (χ1n) is 4.71. The van der Waals surface area contributed by atoms with Gasteiger partial charge in [-0.25, -0.2) is 0 Å². The van der Waals surface area contributed by atoms with Gasteiger partial charge in [-0.05, 0) is 45.7 Å². The standard InChI is InChI=1S/C12H8N2O2/c15-13-11-5-1-9(2-6-11)10-3-7-12(14-16)8-4-10/h1-8H. The molecular weight excluding hydrogens is 204 g/mol. The Balaban J connectivity index is 2.34. The molecule has 0 spiro atoms. The molecule has 4 heteroatoms. The molecular formula is C12H8N2O2. The van der Waals surface area contributed by atoms with Crippen molar-refractivity contribution in [1.82, 2.24) is 0 Å². The summed E-state index contributed by atoms with van der Waals surface area (Å²) < 4.78 is 0. The van der Waals surface area contributed by atoms with Gasteiger partial charge in [-0.3, -0.25) is 0 Å². The SMILES string of the molecule is O=Nc1ccc(-c2ccc(N=O)cc2)cc1. The molecule has 0 fully saturated rings. The summed E-state index contributed by atoms with van der Waals surface area (Å²) in [5.41, 5.74) is 2.72. The lowest BCUT2D eigenvalue weighted by Crippen LogP contribution is -1.75. The Morgan fingerprint density at radius 3 is 1.12 bits per heavy atom. The van der Waals surface area contributed by atoms with Crippen LogP contribution in [0.2, 0.25) is 0 Å². The fourth-order valence-corrected chi connectivity index (χ4v) is 1.43. The third kappa shape index (κ3) is 2.00. The molecule has 0 aromatic heterocycles. The molecule has 0 amide bonds. The van der Waals surface area contributed by atoms with Gasteiger partial charge in [0.1, 0.15) is 11.4 Å². The first kappa shape index (κ1) is 10.2. The van der Waals surface area contributed by atoms with Crippen molar-refractivity contribution >= 4 is 11.4 Å². The minimum Gasteiger partial charge on any atom is -0.145 e. The predicted molar refractivity (Wildman–Crippen MR) is 62.8 cm³/mol. The molecule has 0 heterocycles. The largest absolute Gasteiger partial charge is 0.145 e. The maximum atomic E-state index is 10.2. The summed E-state index contributed by atoms with van der Waals surface area (Å²) in [5.74, 6) is 0. The molecule has 2 aromatic rings. The van der Waals surface area contributed by atoms with E-state index in [1.54, 1.807) is 48.5 Å². The Morgan fingerprint density at radius 2 is 0.875 bits per heavy atom. The zero-order valence-corrected chi connectivity index (χ0v) is 8.33. The molecule has 4 nitrogen and oxygen atoms in total. The lowest BCUT2D eigenvalue weighted by Gasteiger charge is -2.01. The van der Waals surface area contributed by atoms with E-state index >= 15 is 0 Å². The second kappa shape index (κ2) is 4.44. The molecule has 0 unspecified atom stereocenters. The second-order valence-electron chi connectivity index (χ2n) is 3.28. The number of nitrogens with zero attached hydrogens (tertiary/aromatic N) is 2. The zero-order valence-electron chi connectivity index (χ0n) is 8.33. The van der Waals surface area contributed by atoms with Gasteiger partial charge in [-0.15, -0.1) is 9.81 Å². The first-order chi connectivity index (χ1) is 7.83. The van der Waals surface area contributed by atoms with Gasteiger partial charge in [-0.1, -0.05) is 24.3 Å². The van der Waals surface area contributed by atoms with Crippen LogP contribution in [0.15, 0.2) is 58.9 Å². The highest BCUT2D eigenvalue weighted by atomic mass is 16.3. The Morgan fingerprint density at radius 1 is 0.562 bits per heavy atom. The van der Waals surface area contributed by atoms with Crippen LogP contribution in [0.4, 0.5) is 11.4 Å². The number of nitroso groups, excluding NO2 is 2. The van der Waals surface area contributed by atoms with Crippen LogP contribution in [0.3, 0.4) is 0 Å². The first-order valence-corrected chi connectivity index (χ1v) is 4.71. The van der Waals surface area contributed by atoms with E-state index in [1.807, 2.05) is 0 Å². The average molecular weight is 212 g/mol. The zero-order chi connectivity index (χ0) is 11.4. The number of rotatable bonds is 3. The van der Waals surface area contributed by atoms with E-state index in [4.69, 9.17) is 0 Å². The van der Waals surface area contributed by atoms with Crippen LogP contribution in [0, 0.1) is 9.81 Å². The average Bonchev–Trinajstić information content (AvgIpc) is 2.39. The van der Waals surface area contributed by atoms with Crippen molar-refractivity contribution in [2.24, 2.45) is 10.4 Å². The van der Waals surface area contributed by atoms with Crippen molar-refractivity contribution in [2.75, 3.05) is 0 Å². The van der Waals surface area contributed by atoms with E-state index in [9.17, 15) is 9.81 Å². The minimum atomic E-state index is 0.398. The van der Waals surface area contributed by atoms with Crippen molar-refractivity contribution in [3.05, 3.63) is 58.3 Å². The van der Waals surface area contributed by atoms with Crippen LogP contribution in [-0.4, -0.2) is 0 Å². The fraction of sp³-hybridized carbons (Fsp3) is 0. The van der Waals surface area contributed by atoms with E-state index in [1.165, 1.54) is 0 Å². The van der Waals surface area contributed by atoms with Crippen LogP contribution in [0.1, 0.15) is 0 Å². The molecule has 0 radical (unpaired) electrons. The smallest absolute Gasteiger partial charge is 0.108 e. The lowest BCUT2D eigenvalue weighted by molar-refractivity contribution is 1.48. The van der Waals surface area contributed by atoms with Gasteiger partial charge < -0.3 is 0 Å². The van der Waals surface area contributed by atoms with Gasteiger partial charge in [0.05, 0.1) is 0 Å². The summed E-state index contributed by atoms with van der Waals surface area (Å²) >= 11 is 0. The second-order valence-corrected chi connectivity index (χ2v) is 3.28. The van der Waals surface area contributed by atoms with Crippen molar-refractivity contribution in [2.45, 2.75) is 0 Å². The third-order valence-corrected chi connectivity index (χ3v) is 2.28. The fourth-order valence-electron chi connectivity index (χ4n) is 1.43. The van der Waals surface area contributed by atoms with Crippen LogP contribution >= 0.6 is 0 Å². The van der Waals surface area contributed by atoms with Crippen LogP contribution < -0.4 is 0 Å². The molecule has 0 atom stereocenters. The number of hydrogen-bond acceptors (Lipinski definition) is 4. The molecule has 0 aliphatic carbocycles. The molecule has 0 aliphatic heterocycles. The summed E-state index contributed by atoms with van der Waals surface area (Å²) in [5, 5.41) is 5.65. The Bertz CT molecular complexity index is 454. The van der Waals surface area contributed by atoms with Gasteiger partial charge in [0, 0.05) is 0 Å². The van der Waals surface area contributed by atoms with E-state index in [0.29, 0.717) is 11.4 Å². The van der Waals surface area contributed by atoms with Crippen LogP contribution in [0.5, 0.6) is 0 Å². The lowest BCUT2D eigenvalue weighted by atomic mass is 10.1. The molecule has 0 N–H and O–H groups in total. The van der Waals surface area contributed by atoms with Crippen LogP contribution in [-0.2, 0) is 0 Å². The highest BCUT2D eigenvalue weighted by Gasteiger charge is 1.98. The summed E-state index contributed by atoms with van der Waals surface area (Å²) in [6, 6.07) is 13.8. The maximum absolute atomic E-state index is 10.2. The van der Waals surface area contributed by atoms with Gasteiger partial charge >= 0.3 is 0 Å². The number of hydrogen-bond donors (Lipinski definition) is 0. The molecule has 2 aromatic carbocycles. The van der Waals surface area contributed by atoms with E-state index < -0.39 is 0 Å². The minimum absolute atomic E-state index is 0.398. The summed E-state index contributed by atoms with van der Waals surface area (Å²) in [6.45, 7) is 0. The highest BCUT2D eigenvalue weighted by molar-refractivity contribution is 5.66. The van der Waals surface area contributed by atoms with Gasteiger partial charge in [-0.2, -0.15) is 0 Å². The molecule has 2 rings (SSSR count). The van der Waals surface area contributed by atoms with E-state index in [2.05, 4.69) is 10.4 Å². The third-order valence-electron chi connectivity index (χ3n) is 2.28. The van der Waals surface area contributed by atoms with Crippen LogP contribution in [0.25, 0.3) is 11.1 Å². The molecule has 16 heavy (non-hydrogen) atoms. The van der Waals surface area contributed by atoms with Crippen molar-refractivity contribution in [3.63, 3.8) is 0 Å². The molecule has 0 saturated carbocycles. The Hall–Kier alpha value is -2.36. The van der Waals surface area contributed by atoms with Crippen molar-refractivity contribution in [1.29, 1.82) is 0 Å². The Kier molecular flexibility index (Phi) is 2.82. The van der Waals surface area contributed by atoms with E-state index in [-0.39, 0.29) is 0 Å². The quantitative estimate of drug-likeness (QED) is 0.717. The van der Waals surface area contributed by atoms with Gasteiger partial charge in [0.25, 0.3) is 0 Å². The predicted octanol–water partition coefficient (Wildman–Crippen LogP) is 4.15. The van der Waals surface area contributed by atoms with Crippen molar-refractivity contribution in [3.8, 4) is 11.1 Å². The van der Waals surface area contributed by atoms with E-state index in [0.717, 1.165) is 11.1 Å². The number of benzene rings is 2. The highest BCUT2D eigenvalue weighted by Crippen LogP contribution is 2.24. The van der Waals surface area contributed by atoms with Crippen molar-refractivity contribution < 1.29 is 0 Å².